The molecule has 1 saturated carbocycles. The first-order chi connectivity index (χ1) is 20.3. The summed E-state index contributed by atoms with van der Waals surface area (Å²) in [5.41, 5.74) is 16.3. The Kier molecular flexibility index (Phi) is 6.71. The molecule has 41 heavy (non-hydrogen) atoms. The van der Waals surface area contributed by atoms with Crippen molar-refractivity contribution in [1.82, 2.24) is 0 Å². The zero-order valence-electron chi connectivity index (χ0n) is 24.5. The highest BCUT2D eigenvalue weighted by atomic mass is 14.5. The zero-order chi connectivity index (χ0) is 27.9. The molecule has 3 aliphatic carbocycles. The van der Waals surface area contributed by atoms with Crippen LogP contribution in [-0.2, 0) is 12.8 Å². The van der Waals surface area contributed by atoms with Gasteiger partial charge in [-0.05, 0) is 111 Å². The molecule has 1 fully saturated rings. The van der Waals surface area contributed by atoms with Crippen LogP contribution in [0.15, 0.2) is 126 Å². The van der Waals surface area contributed by atoms with E-state index in [-0.39, 0.29) is 0 Å². The van der Waals surface area contributed by atoms with E-state index in [4.69, 9.17) is 0 Å². The van der Waals surface area contributed by atoms with E-state index in [1.165, 1.54) is 56.1 Å². The van der Waals surface area contributed by atoms with Crippen molar-refractivity contribution in [1.29, 1.82) is 0 Å². The van der Waals surface area contributed by atoms with Gasteiger partial charge in [-0.3, -0.25) is 0 Å². The molecule has 0 saturated heterocycles. The van der Waals surface area contributed by atoms with Crippen LogP contribution < -0.4 is 0 Å². The Morgan fingerprint density at radius 3 is 1.88 bits per heavy atom. The average molecular weight is 531 g/mol. The van der Waals surface area contributed by atoms with Gasteiger partial charge in [0.1, 0.15) is 0 Å². The van der Waals surface area contributed by atoms with Gasteiger partial charge in [0.2, 0.25) is 0 Å². The van der Waals surface area contributed by atoms with Crippen molar-refractivity contribution in [2.24, 2.45) is 5.92 Å². The number of hydrogen-bond acceptors (Lipinski definition) is 0. The second-order valence-corrected chi connectivity index (χ2v) is 11.6. The lowest BCUT2D eigenvalue weighted by atomic mass is 9.76. The lowest BCUT2D eigenvalue weighted by Gasteiger charge is -2.27. The van der Waals surface area contributed by atoms with Gasteiger partial charge in [0.05, 0.1) is 0 Å². The van der Waals surface area contributed by atoms with Crippen molar-refractivity contribution in [3.63, 3.8) is 0 Å². The Bertz CT molecular complexity index is 1800. The number of hydrogen-bond donors (Lipinski definition) is 0. The summed E-state index contributed by atoms with van der Waals surface area (Å²) in [6.45, 7) is 6.40. The molecule has 0 aliphatic heterocycles. The van der Waals surface area contributed by atoms with Crippen molar-refractivity contribution in [2.45, 2.75) is 52.4 Å². The Morgan fingerprint density at radius 1 is 0.585 bits per heavy atom. The van der Waals surface area contributed by atoms with Crippen LogP contribution in [0.2, 0.25) is 0 Å². The molecule has 5 aromatic carbocycles. The minimum absolute atomic E-state index is 0.677. The van der Waals surface area contributed by atoms with Crippen LogP contribution in [0.5, 0.6) is 0 Å². The highest BCUT2D eigenvalue weighted by Crippen LogP contribution is 2.58. The van der Waals surface area contributed by atoms with E-state index in [1.807, 2.05) is 13.8 Å². The largest absolute Gasteiger partial charge is 0.0683 e. The van der Waals surface area contributed by atoms with Gasteiger partial charge in [0.15, 0.2) is 0 Å². The zero-order valence-corrected chi connectivity index (χ0v) is 24.5. The monoisotopic (exact) mass is 530 g/mol. The van der Waals surface area contributed by atoms with Gasteiger partial charge in [0, 0.05) is 0 Å². The second-order valence-electron chi connectivity index (χ2n) is 11.6. The Balaban J connectivity index is 0.00000135. The van der Waals surface area contributed by atoms with Crippen molar-refractivity contribution in [3.05, 3.63) is 148 Å². The summed E-state index contributed by atoms with van der Waals surface area (Å²) in [6, 6.07) is 40.3. The fraction of sp³-hybridized carbons (Fsp3) is 0.220. The predicted octanol–water partition coefficient (Wildman–Crippen LogP) is 11.2. The molecule has 2 atom stereocenters. The van der Waals surface area contributed by atoms with Crippen LogP contribution in [0.4, 0.5) is 0 Å². The quantitative estimate of drug-likeness (QED) is 0.218. The maximum atomic E-state index is 2.60. The van der Waals surface area contributed by atoms with E-state index in [0.29, 0.717) is 11.8 Å². The minimum Gasteiger partial charge on any atom is -0.0683 e. The van der Waals surface area contributed by atoms with Crippen LogP contribution in [0.3, 0.4) is 0 Å². The molecular weight excluding hydrogens is 492 g/mol. The molecule has 0 heterocycles. The molecule has 0 nitrogen and oxygen atoms in total. The normalized spacial score (nSPS) is 18.8. The Hall–Kier alpha value is -4.16. The fourth-order valence-corrected chi connectivity index (χ4v) is 7.62. The predicted molar refractivity (Wildman–Crippen MR) is 176 cm³/mol. The molecule has 5 aromatic rings. The van der Waals surface area contributed by atoms with E-state index in [1.54, 1.807) is 22.3 Å². The van der Waals surface area contributed by atoms with Crippen molar-refractivity contribution >= 4 is 16.8 Å². The van der Waals surface area contributed by atoms with E-state index in [9.17, 15) is 0 Å². The topological polar surface area (TPSA) is 0 Å². The second kappa shape index (κ2) is 10.7. The van der Waals surface area contributed by atoms with Crippen LogP contribution in [0.1, 0.15) is 61.8 Å². The van der Waals surface area contributed by atoms with E-state index >= 15 is 0 Å². The molecule has 0 heteroatoms. The van der Waals surface area contributed by atoms with Crippen LogP contribution in [0, 0.1) is 5.92 Å². The standard InChI is InChI=1S/C39H32.C2H6/c1-25-22-28-16-8-9-17-30(28)34-24-36(34)37(25)29-20-21-33-35(23-29)39(27-14-6-3-7-15-27)32-19-11-10-18-31(32)38(33)26-12-4-2-5-13-26;1-2/h2-19,23,34,36H,20-22,24H2,1H3;1-2H3. The van der Waals surface area contributed by atoms with E-state index < -0.39 is 0 Å². The summed E-state index contributed by atoms with van der Waals surface area (Å²) in [7, 11) is 0. The Labute approximate surface area is 245 Å². The Morgan fingerprint density at radius 2 is 1.17 bits per heavy atom. The van der Waals surface area contributed by atoms with Crippen molar-refractivity contribution in [3.8, 4) is 22.3 Å². The molecule has 0 N–H and O–H groups in total. The summed E-state index contributed by atoms with van der Waals surface area (Å²) in [6.07, 6.45) is 7.18. The van der Waals surface area contributed by atoms with E-state index in [0.717, 1.165) is 19.3 Å². The van der Waals surface area contributed by atoms with Crippen molar-refractivity contribution in [2.75, 3.05) is 0 Å². The molecule has 0 spiro atoms. The summed E-state index contributed by atoms with van der Waals surface area (Å²) >= 11 is 0. The summed E-state index contributed by atoms with van der Waals surface area (Å²) < 4.78 is 0. The molecule has 0 amide bonds. The van der Waals surface area contributed by atoms with Gasteiger partial charge in [-0.2, -0.15) is 0 Å². The highest BCUT2D eigenvalue weighted by molar-refractivity contribution is 6.10. The lowest BCUT2D eigenvalue weighted by Crippen LogP contribution is -2.08. The third-order valence-corrected chi connectivity index (χ3v) is 9.33. The molecule has 3 aliphatic rings. The first kappa shape index (κ1) is 25.8. The molecule has 2 unspecified atom stereocenters. The number of benzene rings is 5. The summed E-state index contributed by atoms with van der Waals surface area (Å²) in [5, 5.41) is 2.71. The van der Waals surface area contributed by atoms with Gasteiger partial charge >= 0.3 is 0 Å². The van der Waals surface area contributed by atoms with Crippen LogP contribution in [-0.4, -0.2) is 0 Å². The minimum atomic E-state index is 0.677. The molecule has 0 radical (unpaired) electrons. The number of allylic oxidation sites excluding steroid dienone is 3. The highest BCUT2D eigenvalue weighted by Gasteiger charge is 2.45. The van der Waals surface area contributed by atoms with Crippen LogP contribution >= 0.6 is 0 Å². The number of rotatable bonds is 3. The molecular formula is C41H38. The third kappa shape index (κ3) is 4.38. The fourth-order valence-electron chi connectivity index (χ4n) is 7.62. The maximum Gasteiger partial charge on any atom is -0.00295 e. The van der Waals surface area contributed by atoms with Gasteiger partial charge < -0.3 is 0 Å². The van der Waals surface area contributed by atoms with Gasteiger partial charge in [-0.15, -0.1) is 0 Å². The molecule has 0 bridgehead atoms. The van der Waals surface area contributed by atoms with Gasteiger partial charge in [-0.1, -0.05) is 135 Å². The molecule has 0 aromatic heterocycles. The third-order valence-electron chi connectivity index (χ3n) is 9.33. The SMILES string of the molecule is CC.CC1=C(C2=Cc3c(c(-c4ccccc4)c4ccccc4c3-c3ccccc3)CC2)C2CC2c2ccccc2C1. The van der Waals surface area contributed by atoms with Crippen LogP contribution in [0.25, 0.3) is 39.1 Å². The number of fused-ring (bicyclic) bond motifs is 5. The first-order valence-corrected chi connectivity index (χ1v) is 15.4. The van der Waals surface area contributed by atoms with Crippen molar-refractivity contribution < 1.29 is 0 Å². The first-order valence-electron chi connectivity index (χ1n) is 15.4. The molecule has 202 valence electrons. The molecule has 8 rings (SSSR count). The lowest BCUT2D eigenvalue weighted by molar-refractivity contribution is 0.865. The smallest absolute Gasteiger partial charge is 0.00295 e. The average Bonchev–Trinajstić information content (AvgIpc) is 3.83. The van der Waals surface area contributed by atoms with E-state index in [2.05, 4.69) is 122 Å². The van der Waals surface area contributed by atoms with Gasteiger partial charge in [0.25, 0.3) is 0 Å². The maximum absolute atomic E-state index is 2.60. The summed E-state index contributed by atoms with van der Waals surface area (Å²) in [5.74, 6) is 1.37. The van der Waals surface area contributed by atoms with Gasteiger partial charge in [-0.25, -0.2) is 0 Å². The summed E-state index contributed by atoms with van der Waals surface area (Å²) in [4.78, 5) is 0.